The van der Waals surface area contributed by atoms with Crippen molar-refractivity contribution >= 4 is 28.0 Å². The molecule has 0 spiro atoms. The molecular formula is C24H28FN3O4S. The summed E-state index contributed by atoms with van der Waals surface area (Å²) in [7, 11) is -2.24. The van der Waals surface area contributed by atoms with Crippen LogP contribution < -0.4 is 4.31 Å². The van der Waals surface area contributed by atoms with Crippen molar-refractivity contribution in [2.24, 2.45) is 0 Å². The van der Waals surface area contributed by atoms with Crippen LogP contribution in [0.15, 0.2) is 54.6 Å². The molecule has 0 aliphatic heterocycles. The number of halogens is 1. The molecule has 0 atom stereocenters. The maximum Gasteiger partial charge on any atom is 0.307 e. The first-order valence-corrected chi connectivity index (χ1v) is 12.0. The fourth-order valence-corrected chi connectivity index (χ4v) is 3.43. The van der Waals surface area contributed by atoms with E-state index in [1.807, 2.05) is 13.8 Å². The molecule has 33 heavy (non-hydrogen) atoms. The first-order valence-electron chi connectivity index (χ1n) is 10.2. The molecule has 7 nitrogen and oxygen atoms in total. The van der Waals surface area contributed by atoms with Gasteiger partial charge in [-0.25, -0.2) is 27.1 Å². The van der Waals surface area contributed by atoms with Crippen LogP contribution in [-0.2, 0) is 14.8 Å². The number of carboxylic acids is 1. The van der Waals surface area contributed by atoms with E-state index in [2.05, 4.69) is 23.1 Å². The van der Waals surface area contributed by atoms with Gasteiger partial charge in [-0.3, -0.25) is 4.79 Å². The summed E-state index contributed by atoms with van der Waals surface area (Å²) in [5.74, 6) is -1.45. The Balaban J connectivity index is 2.64. The highest BCUT2D eigenvalue weighted by molar-refractivity contribution is 7.92. The third kappa shape index (κ3) is 7.08. The molecule has 0 saturated heterocycles. The van der Waals surface area contributed by atoms with Crippen LogP contribution in [0, 0.1) is 5.82 Å². The minimum Gasteiger partial charge on any atom is -0.481 e. The largest absolute Gasteiger partial charge is 0.481 e. The molecule has 0 saturated carbocycles. The minimum absolute atomic E-state index is 0.00587. The Labute approximate surface area is 194 Å². The van der Waals surface area contributed by atoms with Gasteiger partial charge in [-0.1, -0.05) is 50.3 Å². The average molecular weight is 474 g/mol. The van der Waals surface area contributed by atoms with Gasteiger partial charge in [-0.05, 0) is 36.6 Å². The predicted octanol–water partition coefficient (Wildman–Crippen LogP) is 4.79. The molecular weight excluding hydrogens is 445 g/mol. The Morgan fingerprint density at radius 1 is 1.18 bits per heavy atom. The van der Waals surface area contributed by atoms with Crippen molar-refractivity contribution in [3.8, 4) is 11.3 Å². The lowest BCUT2D eigenvalue weighted by molar-refractivity contribution is -0.136. The molecule has 0 amide bonds. The second-order valence-electron chi connectivity index (χ2n) is 8.05. The maximum absolute atomic E-state index is 13.5. The van der Waals surface area contributed by atoms with E-state index >= 15 is 0 Å². The smallest absolute Gasteiger partial charge is 0.307 e. The van der Waals surface area contributed by atoms with Gasteiger partial charge >= 0.3 is 5.97 Å². The Morgan fingerprint density at radius 2 is 1.79 bits per heavy atom. The molecule has 0 unspecified atom stereocenters. The van der Waals surface area contributed by atoms with Gasteiger partial charge in [0.15, 0.2) is 0 Å². The van der Waals surface area contributed by atoms with Crippen molar-refractivity contribution < 1.29 is 22.7 Å². The van der Waals surface area contributed by atoms with Gasteiger partial charge in [0.05, 0.1) is 24.1 Å². The number of nitrogens with zero attached hydrogens (tertiary/aromatic N) is 3. The van der Waals surface area contributed by atoms with Crippen LogP contribution in [0.2, 0.25) is 0 Å². The number of aliphatic carboxylic acids is 1. The standard InChI is InChI=1S/C24H28FN3O4S/c1-15(2)22-20(12-7-16(3)13-17(4)14-21(29)30)23(18-8-10-19(25)11-9-18)27-24(26-22)28(5)33(6,31)32/h7-12,15H,3-4,13-14H2,1-2,5-6H3,(H,29,30)/b12-7+. The van der Waals surface area contributed by atoms with E-state index in [1.54, 1.807) is 24.3 Å². The Hall–Kier alpha value is -3.33. The van der Waals surface area contributed by atoms with Gasteiger partial charge in [-0.2, -0.15) is 0 Å². The maximum atomic E-state index is 13.5. The van der Waals surface area contributed by atoms with Crippen LogP contribution in [0.1, 0.15) is 43.9 Å². The van der Waals surface area contributed by atoms with Gasteiger partial charge in [-0.15, -0.1) is 0 Å². The fraction of sp³-hybridized carbons (Fsp3) is 0.292. The lowest BCUT2D eigenvalue weighted by Gasteiger charge is -2.20. The highest BCUT2D eigenvalue weighted by atomic mass is 32.2. The van der Waals surface area contributed by atoms with Gasteiger partial charge < -0.3 is 5.11 Å². The van der Waals surface area contributed by atoms with E-state index in [0.717, 1.165) is 10.6 Å². The topological polar surface area (TPSA) is 100 Å². The molecule has 1 N–H and O–H groups in total. The van der Waals surface area contributed by atoms with Crippen molar-refractivity contribution in [3.05, 3.63) is 71.7 Å². The van der Waals surface area contributed by atoms with Crippen LogP contribution in [0.25, 0.3) is 17.3 Å². The Bertz CT molecular complexity index is 1200. The van der Waals surface area contributed by atoms with Crippen molar-refractivity contribution in [3.63, 3.8) is 0 Å². The van der Waals surface area contributed by atoms with Crippen LogP contribution in [-0.4, -0.2) is 42.8 Å². The minimum atomic E-state index is -3.61. The normalized spacial score (nSPS) is 11.7. The van der Waals surface area contributed by atoms with Gasteiger partial charge in [0.2, 0.25) is 16.0 Å². The lowest BCUT2D eigenvalue weighted by Crippen LogP contribution is -2.27. The van der Waals surface area contributed by atoms with E-state index in [4.69, 9.17) is 5.11 Å². The summed E-state index contributed by atoms with van der Waals surface area (Å²) in [4.78, 5) is 19.9. The summed E-state index contributed by atoms with van der Waals surface area (Å²) in [5.41, 5.74) is 3.41. The molecule has 2 aromatic rings. The van der Waals surface area contributed by atoms with E-state index in [-0.39, 0.29) is 18.3 Å². The summed E-state index contributed by atoms with van der Waals surface area (Å²) >= 11 is 0. The number of hydrogen-bond acceptors (Lipinski definition) is 5. The SMILES string of the molecule is C=C(/C=C/c1c(-c2ccc(F)cc2)nc(N(C)S(C)(=O)=O)nc1C(C)C)CC(=C)CC(=O)O. The second kappa shape index (κ2) is 10.5. The van der Waals surface area contributed by atoms with Crippen LogP contribution >= 0.6 is 0 Å². The second-order valence-corrected chi connectivity index (χ2v) is 10.1. The molecule has 0 fully saturated rings. The zero-order chi connectivity index (χ0) is 24.9. The number of hydrogen-bond donors (Lipinski definition) is 1. The van der Waals surface area contributed by atoms with Gasteiger partial charge in [0, 0.05) is 18.2 Å². The van der Waals surface area contributed by atoms with Crippen molar-refractivity contribution in [2.75, 3.05) is 17.6 Å². The summed E-state index contributed by atoms with van der Waals surface area (Å²) in [6.07, 6.45) is 4.70. The molecule has 2 rings (SSSR count). The van der Waals surface area contributed by atoms with E-state index in [1.165, 1.54) is 19.2 Å². The number of aromatic nitrogens is 2. The molecule has 0 aliphatic carbocycles. The number of carboxylic acid groups (broad SMARTS) is 1. The first-order chi connectivity index (χ1) is 15.3. The molecule has 1 aromatic heterocycles. The molecule has 1 aromatic carbocycles. The van der Waals surface area contributed by atoms with E-state index in [0.29, 0.717) is 40.1 Å². The summed E-state index contributed by atoms with van der Waals surface area (Å²) in [5, 5.41) is 8.91. The molecule has 9 heteroatoms. The number of rotatable bonds is 10. The number of sulfonamides is 1. The third-order valence-corrected chi connectivity index (χ3v) is 5.93. The summed E-state index contributed by atoms with van der Waals surface area (Å²) < 4.78 is 38.7. The third-order valence-electron chi connectivity index (χ3n) is 4.77. The number of allylic oxidation sites excluding steroid dienone is 2. The first kappa shape index (κ1) is 25.9. The quantitative estimate of drug-likeness (QED) is 0.393. The van der Waals surface area contributed by atoms with Gasteiger partial charge in [0.1, 0.15) is 5.82 Å². The average Bonchev–Trinajstić information content (AvgIpc) is 2.70. The summed E-state index contributed by atoms with van der Waals surface area (Å²) in [6.45, 7) is 11.6. The van der Waals surface area contributed by atoms with Crippen LogP contribution in [0.5, 0.6) is 0 Å². The number of benzene rings is 1. The zero-order valence-corrected chi connectivity index (χ0v) is 20.0. The molecule has 0 bridgehead atoms. The number of carbonyl (C=O) groups is 1. The Kier molecular flexibility index (Phi) is 8.27. The Morgan fingerprint density at radius 3 is 2.30 bits per heavy atom. The molecule has 0 radical (unpaired) electrons. The predicted molar refractivity (Wildman–Crippen MR) is 129 cm³/mol. The summed E-state index contributed by atoms with van der Waals surface area (Å²) in [6, 6.07) is 5.73. The van der Waals surface area contributed by atoms with Gasteiger partial charge in [0.25, 0.3) is 0 Å². The van der Waals surface area contributed by atoms with Crippen LogP contribution in [0.3, 0.4) is 0 Å². The fourth-order valence-electron chi connectivity index (χ4n) is 3.05. The monoisotopic (exact) mass is 473 g/mol. The van der Waals surface area contributed by atoms with E-state index in [9.17, 15) is 17.6 Å². The van der Waals surface area contributed by atoms with Crippen molar-refractivity contribution in [1.29, 1.82) is 0 Å². The van der Waals surface area contributed by atoms with Crippen molar-refractivity contribution in [1.82, 2.24) is 9.97 Å². The zero-order valence-electron chi connectivity index (χ0n) is 19.2. The highest BCUT2D eigenvalue weighted by Gasteiger charge is 2.22. The van der Waals surface area contributed by atoms with Crippen molar-refractivity contribution in [2.45, 2.75) is 32.6 Å². The van der Waals surface area contributed by atoms with E-state index < -0.39 is 21.8 Å². The molecule has 0 aliphatic rings. The highest BCUT2D eigenvalue weighted by Crippen LogP contribution is 2.32. The molecule has 176 valence electrons. The molecule has 1 heterocycles. The number of anilines is 1. The van der Waals surface area contributed by atoms with Crippen LogP contribution in [0.4, 0.5) is 10.3 Å². The lowest BCUT2D eigenvalue weighted by atomic mass is 9.97.